The van der Waals surface area contributed by atoms with Crippen molar-refractivity contribution in [3.05, 3.63) is 35.5 Å². The maximum atomic E-state index is 12.6. The van der Waals surface area contributed by atoms with Crippen molar-refractivity contribution >= 4 is 12.1 Å². The second-order valence-electron chi connectivity index (χ2n) is 10.3. The molecular formula is C25H36O3. The molecule has 0 aliphatic heterocycles. The lowest BCUT2D eigenvalue weighted by atomic mass is 9.63. The van der Waals surface area contributed by atoms with Gasteiger partial charge in [-0.05, 0) is 75.2 Å². The zero-order valence-corrected chi connectivity index (χ0v) is 18.1. The smallest absolute Gasteiger partial charge is 0.146 e. The fourth-order valence-electron chi connectivity index (χ4n) is 6.25. The number of allylic oxidation sites excluding steroid dienone is 6. The number of rotatable bonds is 4. The molecule has 7 atom stereocenters. The monoisotopic (exact) mass is 384 g/mol. The molecule has 0 aromatic rings. The highest BCUT2D eigenvalue weighted by molar-refractivity contribution is 5.94. The Morgan fingerprint density at radius 2 is 2.00 bits per heavy atom. The summed E-state index contributed by atoms with van der Waals surface area (Å²) in [6, 6.07) is 0. The van der Waals surface area contributed by atoms with Crippen LogP contribution >= 0.6 is 0 Å². The molecule has 0 spiro atoms. The molecule has 154 valence electrons. The Hall–Kier alpha value is -1.48. The van der Waals surface area contributed by atoms with Crippen molar-refractivity contribution < 1.29 is 14.7 Å². The van der Waals surface area contributed by atoms with Crippen molar-refractivity contribution in [2.45, 2.75) is 72.3 Å². The molecule has 3 aliphatic carbocycles. The quantitative estimate of drug-likeness (QED) is 0.545. The van der Waals surface area contributed by atoms with Crippen LogP contribution in [0, 0.1) is 35.0 Å². The van der Waals surface area contributed by atoms with Crippen LogP contribution < -0.4 is 0 Å². The second kappa shape index (κ2) is 7.74. The van der Waals surface area contributed by atoms with Crippen molar-refractivity contribution in [1.82, 2.24) is 0 Å². The number of hydrogen-bond donors (Lipinski definition) is 1. The molecular weight excluding hydrogens is 348 g/mol. The molecule has 3 heteroatoms. The van der Waals surface area contributed by atoms with E-state index >= 15 is 0 Å². The van der Waals surface area contributed by atoms with Crippen LogP contribution in [-0.4, -0.2) is 22.8 Å². The molecule has 2 fully saturated rings. The molecule has 1 N–H and O–H groups in total. The predicted molar refractivity (Wildman–Crippen MR) is 113 cm³/mol. The van der Waals surface area contributed by atoms with Crippen molar-refractivity contribution in [2.24, 2.45) is 35.0 Å². The minimum Gasteiger partial charge on any atom is -0.389 e. The van der Waals surface area contributed by atoms with E-state index in [1.54, 1.807) is 6.92 Å². The molecule has 0 aromatic heterocycles. The van der Waals surface area contributed by atoms with Crippen LogP contribution in [0.5, 0.6) is 0 Å². The Morgan fingerprint density at radius 3 is 2.64 bits per heavy atom. The topological polar surface area (TPSA) is 54.4 Å². The van der Waals surface area contributed by atoms with E-state index in [1.165, 1.54) is 12.0 Å². The van der Waals surface area contributed by atoms with Gasteiger partial charge >= 0.3 is 0 Å². The van der Waals surface area contributed by atoms with E-state index in [4.69, 9.17) is 0 Å². The molecule has 0 saturated heterocycles. The minimum atomic E-state index is -1.01. The van der Waals surface area contributed by atoms with E-state index in [0.29, 0.717) is 23.3 Å². The van der Waals surface area contributed by atoms with E-state index in [-0.39, 0.29) is 23.5 Å². The second-order valence-corrected chi connectivity index (χ2v) is 10.3. The Bertz CT molecular complexity index is 722. The molecule has 28 heavy (non-hydrogen) atoms. The minimum absolute atomic E-state index is 0.0305. The predicted octanol–water partition coefficient (Wildman–Crippen LogP) is 5.05. The van der Waals surface area contributed by atoms with Crippen LogP contribution in [0.1, 0.15) is 66.7 Å². The highest BCUT2D eigenvalue weighted by Gasteiger charge is 2.56. The summed E-state index contributed by atoms with van der Waals surface area (Å²) in [6.45, 7) is 10.6. The number of aliphatic hydroxyl groups is 1. The van der Waals surface area contributed by atoms with E-state index in [0.717, 1.165) is 25.5 Å². The highest BCUT2D eigenvalue weighted by Crippen LogP contribution is 2.59. The summed E-state index contributed by atoms with van der Waals surface area (Å²) >= 11 is 0. The molecule has 0 radical (unpaired) electrons. The third-order valence-corrected chi connectivity index (χ3v) is 7.85. The molecule has 3 aliphatic rings. The van der Waals surface area contributed by atoms with Crippen molar-refractivity contribution in [2.75, 3.05) is 0 Å². The number of fused-ring (bicyclic) bond motifs is 2. The normalized spacial score (nSPS) is 43.5. The molecule has 3 rings (SSSR count). The fraction of sp³-hybridized carbons (Fsp3) is 0.680. The Balaban J connectivity index is 1.92. The summed E-state index contributed by atoms with van der Waals surface area (Å²) in [5, 5.41) is 11.0. The van der Waals surface area contributed by atoms with E-state index in [9.17, 15) is 14.7 Å². The average Bonchev–Trinajstić information content (AvgIpc) is 3.01. The summed E-state index contributed by atoms with van der Waals surface area (Å²) in [5.41, 5.74) is 0.990. The average molecular weight is 385 g/mol. The number of carbonyl (C=O) groups excluding carboxylic acids is 2. The van der Waals surface area contributed by atoms with Crippen LogP contribution in [-0.2, 0) is 9.59 Å². The maximum Gasteiger partial charge on any atom is 0.146 e. The lowest BCUT2D eigenvalue weighted by molar-refractivity contribution is -0.121. The zero-order chi connectivity index (χ0) is 20.7. The number of Topliss-reactive ketones (excluding diaryl/α,β-unsaturated/α-hetero) is 1. The third-order valence-electron chi connectivity index (χ3n) is 7.85. The summed E-state index contributed by atoms with van der Waals surface area (Å²) in [7, 11) is 0. The molecule has 3 nitrogen and oxygen atoms in total. The van der Waals surface area contributed by atoms with Gasteiger partial charge in [-0.25, -0.2) is 0 Å². The van der Waals surface area contributed by atoms with Gasteiger partial charge in [0.05, 0.1) is 11.5 Å². The van der Waals surface area contributed by atoms with Gasteiger partial charge in [0.2, 0.25) is 0 Å². The van der Waals surface area contributed by atoms with Gasteiger partial charge in [0, 0.05) is 12.3 Å². The summed E-state index contributed by atoms with van der Waals surface area (Å²) in [6.07, 6.45) is 13.7. The zero-order valence-electron chi connectivity index (χ0n) is 18.1. The molecule has 0 heterocycles. The van der Waals surface area contributed by atoms with Crippen LogP contribution in [0.4, 0.5) is 0 Å². The molecule has 0 unspecified atom stereocenters. The fourth-order valence-corrected chi connectivity index (χ4v) is 6.25. The first-order chi connectivity index (χ1) is 13.1. The molecule has 2 saturated carbocycles. The standard InChI is InChI=1S/C25H36O3/c1-16(2)7-6-8-17(3)19-11-12-24(4)13-21-23(22(27)14-25(21,5)28)18(15-26)9-10-20(19)24/h6-9,15,17,19-21,23,28H,10-14H2,1-5H3/b8-6+,18-9-/t17-,19+,20-,21-,23+,24+,25+/m0/s1. The van der Waals surface area contributed by atoms with Crippen LogP contribution in [0.3, 0.4) is 0 Å². The number of aldehydes is 1. The molecule has 0 aromatic carbocycles. The maximum absolute atomic E-state index is 12.6. The number of hydrogen-bond acceptors (Lipinski definition) is 3. The van der Waals surface area contributed by atoms with Crippen LogP contribution in [0.2, 0.25) is 0 Å². The first kappa shape index (κ1) is 21.2. The summed E-state index contributed by atoms with van der Waals surface area (Å²) in [4.78, 5) is 24.4. The Morgan fingerprint density at radius 1 is 1.29 bits per heavy atom. The van der Waals surface area contributed by atoms with Gasteiger partial charge < -0.3 is 5.11 Å². The summed E-state index contributed by atoms with van der Waals surface area (Å²) in [5.74, 6) is 0.967. The number of ketones is 1. The Labute approximate surface area is 170 Å². The van der Waals surface area contributed by atoms with Crippen molar-refractivity contribution in [3.8, 4) is 0 Å². The van der Waals surface area contributed by atoms with E-state index < -0.39 is 11.5 Å². The summed E-state index contributed by atoms with van der Waals surface area (Å²) < 4.78 is 0. The van der Waals surface area contributed by atoms with E-state index in [2.05, 4.69) is 45.9 Å². The van der Waals surface area contributed by atoms with Crippen LogP contribution in [0.25, 0.3) is 0 Å². The van der Waals surface area contributed by atoms with Crippen molar-refractivity contribution in [1.29, 1.82) is 0 Å². The van der Waals surface area contributed by atoms with Gasteiger partial charge in [-0.3, -0.25) is 9.59 Å². The lowest BCUT2D eigenvalue weighted by Gasteiger charge is -2.42. The van der Waals surface area contributed by atoms with E-state index in [1.807, 2.05) is 6.08 Å². The SMILES string of the molecule is CC(C)=C/C=C/[C@H](C)[C@H]1CC[C@]2(C)C[C@H]3[C@H](C(=O)C[C@@]3(C)O)/C(C=O)=C\C[C@@H]12. The molecule has 0 bridgehead atoms. The van der Waals surface area contributed by atoms with Gasteiger partial charge in [-0.15, -0.1) is 0 Å². The van der Waals surface area contributed by atoms with Gasteiger partial charge in [-0.1, -0.05) is 43.7 Å². The first-order valence-electron chi connectivity index (χ1n) is 10.8. The third kappa shape index (κ3) is 3.83. The van der Waals surface area contributed by atoms with Gasteiger partial charge in [-0.2, -0.15) is 0 Å². The van der Waals surface area contributed by atoms with Gasteiger partial charge in [0.25, 0.3) is 0 Å². The Kier molecular flexibility index (Phi) is 5.87. The largest absolute Gasteiger partial charge is 0.389 e. The van der Waals surface area contributed by atoms with Crippen LogP contribution in [0.15, 0.2) is 35.5 Å². The lowest BCUT2D eigenvalue weighted by Crippen LogP contribution is -2.40. The highest BCUT2D eigenvalue weighted by atomic mass is 16.3. The first-order valence-corrected chi connectivity index (χ1v) is 10.8. The molecule has 0 amide bonds. The van der Waals surface area contributed by atoms with Crippen molar-refractivity contribution in [3.63, 3.8) is 0 Å². The van der Waals surface area contributed by atoms with Gasteiger partial charge in [0.15, 0.2) is 0 Å². The number of carbonyl (C=O) groups is 2. The van der Waals surface area contributed by atoms with Gasteiger partial charge in [0.1, 0.15) is 12.1 Å².